The smallest absolute Gasteiger partial charge is 0.203 e. The van der Waals surface area contributed by atoms with Crippen LogP contribution in [0, 0.1) is 0 Å². The standard InChI is InChI=1S/C26H41N9O11/c27-33-30-1-4-38-7-10-41-13-16-44-24-19-22(23(37)21-36)20-25(45-17-14-42-11-8-39-5-2-31-34-28)26(24)46-18-15-43-12-9-40-6-3-32-35-29/h19-20,36H,1-18,21H2. The first-order valence-electron chi connectivity index (χ1n) is 14.4. The minimum atomic E-state index is -0.719. The fourth-order valence-corrected chi connectivity index (χ4v) is 3.23. The number of nitrogens with zero attached hydrogens (tertiary/aromatic N) is 9. The van der Waals surface area contributed by atoms with E-state index in [1.54, 1.807) is 0 Å². The van der Waals surface area contributed by atoms with Crippen LogP contribution in [0.25, 0.3) is 31.3 Å². The van der Waals surface area contributed by atoms with Gasteiger partial charge in [-0.25, -0.2) is 0 Å². The quantitative estimate of drug-likeness (QED) is 0.0387. The predicted octanol–water partition coefficient (Wildman–Crippen LogP) is 3.03. The number of azide groups is 3. The molecule has 0 amide bonds. The van der Waals surface area contributed by atoms with Gasteiger partial charge in [0.25, 0.3) is 0 Å². The van der Waals surface area contributed by atoms with Gasteiger partial charge in [0, 0.05) is 39.9 Å². The number of carbonyl (C=O) groups excluding carboxylic acids is 1. The summed E-state index contributed by atoms with van der Waals surface area (Å²) in [5.74, 6) is 0.0539. The van der Waals surface area contributed by atoms with Gasteiger partial charge in [-0.3, -0.25) is 4.79 Å². The van der Waals surface area contributed by atoms with E-state index >= 15 is 0 Å². The van der Waals surface area contributed by atoms with Crippen LogP contribution in [0.2, 0.25) is 0 Å². The molecule has 0 aliphatic rings. The van der Waals surface area contributed by atoms with Gasteiger partial charge in [0.1, 0.15) is 26.4 Å². The van der Waals surface area contributed by atoms with Crippen molar-refractivity contribution < 1.29 is 52.5 Å². The SMILES string of the molecule is [N-]=[N+]=NCCOCCOCCOc1cc(C(=O)CO)cc(OCCOCCOCCN=[N+]=[N-])c1OCCOCCOCCN=[N+]=[N-]. The Morgan fingerprint density at radius 3 is 1.22 bits per heavy atom. The van der Waals surface area contributed by atoms with E-state index in [9.17, 15) is 9.90 Å². The van der Waals surface area contributed by atoms with Crippen molar-refractivity contribution in [3.8, 4) is 17.2 Å². The fourth-order valence-electron chi connectivity index (χ4n) is 3.23. The van der Waals surface area contributed by atoms with E-state index in [2.05, 4.69) is 30.1 Å². The molecule has 1 N–H and O–H groups in total. The van der Waals surface area contributed by atoms with Crippen molar-refractivity contribution in [2.24, 2.45) is 15.3 Å². The molecule has 0 saturated carbocycles. The highest BCUT2D eigenvalue weighted by Crippen LogP contribution is 2.39. The van der Waals surface area contributed by atoms with Gasteiger partial charge in [-0.1, -0.05) is 15.3 Å². The number of benzene rings is 1. The molecule has 1 aromatic carbocycles. The first-order chi connectivity index (χ1) is 22.7. The molecule has 46 heavy (non-hydrogen) atoms. The number of rotatable bonds is 32. The van der Waals surface area contributed by atoms with E-state index in [-0.39, 0.29) is 122 Å². The first kappa shape index (κ1) is 40.0. The zero-order chi connectivity index (χ0) is 33.3. The summed E-state index contributed by atoms with van der Waals surface area (Å²) >= 11 is 0. The monoisotopic (exact) mass is 655 g/mol. The topological polar surface area (TPSA) is 267 Å². The molecule has 1 rings (SSSR count). The summed E-state index contributed by atoms with van der Waals surface area (Å²) in [6.07, 6.45) is 0. The summed E-state index contributed by atoms with van der Waals surface area (Å²) in [6, 6.07) is 2.89. The van der Waals surface area contributed by atoms with Gasteiger partial charge >= 0.3 is 0 Å². The third kappa shape index (κ3) is 20.8. The Kier molecular flexibility index (Phi) is 25.8. The minimum Gasteiger partial charge on any atom is -0.487 e. The number of hydrogen-bond donors (Lipinski definition) is 1. The third-order valence-corrected chi connectivity index (χ3v) is 5.24. The highest BCUT2D eigenvalue weighted by molar-refractivity contribution is 5.98. The van der Waals surface area contributed by atoms with Crippen LogP contribution in [0.3, 0.4) is 0 Å². The average molecular weight is 656 g/mol. The maximum Gasteiger partial charge on any atom is 0.203 e. The zero-order valence-corrected chi connectivity index (χ0v) is 25.6. The molecule has 0 spiro atoms. The van der Waals surface area contributed by atoms with Crippen LogP contribution in [-0.2, 0) is 28.4 Å². The number of carbonyl (C=O) groups is 1. The summed E-state index contributed by atoms with van der Waals surface area (Å²) in [4.78, 5) is 20.3. The lowest BCUT2D eigenvalue weighted by molar-refractivity contribution is 0.0331. The summed E-state index contributed by atoms with van der Waals surface area (Å²) in [5.41, 5.74) is 25.0. The molecule has 0 aliphatic heterocycles. The Hall–Kier alpha value is -4.06. The van der Waals surface area contributed by atoms with Crippen LogP contribution in [0.15, 0.2) is 27.5 Å². The molecule has 0 unspecified atom stereocenters. The predicted molar refractivity (Wildman–Crippen MR) is 161 cm³/mol. The molecule has 0 atom stereocenters. The van der Waals surface area contributed by atoms with Gasteiger partial charge in [0.05, 0.1) is 79.3 Å². The summed E-state index contributed by atoms with van der Waals surface area (Å²) in [6.45, 7) is 3.45. The van der Waals surface area contributed by atoms with Crippen molar-refractivity contribution in [3.63, 3.8) is 0 Å². The molecule has 256 valence electrons. The van der Waals surface area contributed by atoms with Crippen LogP contribution < -0.4 is 14.2 Å². The van der Waals surface area contributed by atoms with Crippen molar-refractivity contribution in [3.05, 3.63) is 49.0 Å². The number of ether oxygens (including phenoxy) is 9. The zero-order valence-electron chi connectivity index (χ0n) is 25.6. The molecule has 1 aromatic rings. The second-order valence-corrected chi connectivity index (χ2v) is 8.47. The Labute approximate surface area is 265 Å². The number of Topliss-reactive ketones (excluding diaryl/α,β-unsaturated/α-hetero) is 1. The minimum absolute atomic E-state index is 0.0950. The fraction of sp³-hybridized carbons (Fsp3) is 0.731. The van der Waals surface area contributed by atoms with Crippen LogP contribution in [-0.4, -0.2) is 136 Å². The molecular formula is C26H41N9O11. The molecule has 0 aliphatic carbocycles. The number of aliphatic hydroxyl groups excluding tert-OH is 1. The normalized spacial score (nSPS) is 10.4. The maximum atomic E-state index is 12.4. The van der Waals surface area contributed by atoms with Gasteiger partial charge in [0.2, 0.25) is 5.75 Å². The van der Waals surface area contributed by atoms with E-state index in [0.29, 0.717) is 19.8 Å². The first-order valence-corrected chi connectivity index (χ1v) is 14.4. The lowest BCUT2D eigenvalue weighted by atomic mass is 10.1. The summed E-state index contributed by atoms with van der Waals surface area (Å²) in [7, 11) is 0. The molecule has 0 fully saturated rings. The van der Waals surface area contributed by atoms with Gasteiger partial charge in [-0.2, -0.15) is 0 Å². The molecule has 0 radical (unpaired) electrons. The largest absolute Gasteiger partial charge is 0.487 e. The Morgan fingerprint density at radius 2 is 0.870 bits per heavy atom. The van der Waals surface area contributed by atoms with Crippen LogP contribution >= 0.6 is 0 Å². The Balaban J connectivity index is 2.75. The number of ketones is 1. The van der Waals surface area contributed by atoms with Crippen molar-refractivity contribution >= 4 is 5.78 Å². The molecule has 0 aromatic heterocycles. The number of hydrogen-bond acceptors (Lipinski definition) is 14. The van der Waals surface area contributed by atoms with Gasteiger partial charge < -0.3 is 47.7 Å². The lowest BCUT2D eigenvalue weighted by Gasteiger charge is -2.18. The van der Waals surface area contributed by atoms with Crippen LogP contribution in [0.5, 0.6) is 17.2 Å². The molecule has 20 nitrogen and oxygen atoms in total. The van der Waals surface area contributed by atoms with E-state index in [1.807, 2.05) is 0 Å². The van der Waals surface area contributed by atoms with Gasteiger partial charge in [0.15, 0.2) is 17.3 Å². The highest BCUT2D eigenvalue weighted by Gasteiger charge is 2.19. The Bertz CT molecular complexity index is 1060. The second-order valence-electron chi connectivity index (χ2n) is 8.47. The van der Waals surface area contributed by atoms with Crippen LogP contribution in [0.4, 0.5) is 0 Å². The van der Waals surface area contributed by atoms with Crippen molar-refractivity contribution in [1.82, 2.24) is 0 Å². The highest BCUT2D eigenvalue weighted by atomic mass is 16.6. The molecule has 0 bridgehead atoms. The molecule has 0 heterocycles. The van der Waals surface area contributed by atoms with Gasteiger partial charge in [-0.15, -0.1) is 0 Å². The summed E-state index contributed by atoms with van der Waals surface area (Å²) < 4.78 is 50.1. The average Bonchev–Trinajstić information content (AvgIpc) is 3.07. The van der Waals surface area contributed by atoms with Gasteiger partial charge in [-0.05, 0) is 28.7 Å². The van der Waals surface area contributed by atoms with E-state index < -0.39 is 12.4 Å². The molecular weight excluding hydrogens is 614 g/mol. The lowest BCUT2D eigenvalue weighted by Crippen LogP contribution is -2.16. The van der Waals surface area contributed by atoms with E-state index in [4.69, 9.17) is 59.2 Å². The third-order valence-electron chi connectivity index (χ3n) is 5.24. The molecule has 0 saturated heterocycles. The maximum absolute atomic E-state index is 12.4. The van der Waals surface area contributed by atoms with Crippen molar-refractivity contribution in [1.29, 1.82) is 0 Å². The van der Waals surface area contributed by atoms with E-state index in [0.717, 1.165) is 0 Å². The summed E-state index contributed by atoms with van der Waals surface area (Å²) in [5, 5.41) is 19.6. The van der Waals surface area contributed by atoms with Crippen molar-refractivity contribution in [2.45, 2.75) is 0 Å². The number of aliphatic hydroxyl groups is 1. The van der Waals surface area contributed by atoms with E-state index in [1.165, 1.54) is 12.1 Å². The Morgan fingerprint density at radius 1 is 0.543 bits per heavy atom. The van der Waals surface area contributed by atoms with Crippen LogP contribution in [0.1, 0.15) is 10.4 Å². The molecule has 20 heteroatoms. The second kappa shape index (κ2) is 29.6. The van der Waals surface area contributed by atoms with Crippen molar-refractivity contribution in [2.75, 3.05) is 125 Å².